The lowest BCUT2D eigenvalue weighted by molar-refractivity contribution is 0.233. The van der Waals surface area contributed by atoms with Gasteiger partial charge in [0.2, 0.25) is 0 Å². The van der Waals surface area contributed by atoms with Crippen molar-refractivity contribution < 1.29 is 9.47 Å². The van der Waals surface area contributed by atoms with Crippen molar-refractivity contribution in [2.45, 2.75) is 79.1 Å². The number of ether oxygens (including phenoxy) is 2. The summed E-state index contributed by atoms with van der Waals surface area (Å²) in [6, 6.07) is 12.7. The first-order valence-electron chi connectivity index (χ1n) is 11.5. The number of rotatable bonds is 14. The summed E-state index contributed by atoms with van der Waals surface area (Å²) in [7, 11) is 0. The fourth-order valence-electron chi connectivity index (χ4n) is 3.67. The standard InChI is InChI=1S/C26H40O2/c1-5-9-12-21(7-3)19-27-24-16-17-25-23(18-24)14-11-15-26(25)28-20-22(8-4)13-10-6-2/h11,14-18,21-22H,5-10,12-13,19-20H2,1-4H3. The number of unbranched alkanes of at least 4 members (excludes halogenated alkanes) is 2. The van der Waals surface area contributed by atoms with Crippen LogP contribution in [0.2, 0.25) is 0 Å². The second-order valence-electron chi connectivity index (χ2n) is 8.09. The second kappa shape index (κ2) is 12.7. The van der Waals surface area contributed by atoms with Crippen molar-refractivity contribution in [3.63, 3.8) is 0 Å². The Balaban J connectivity index is 2.01. The highest BCUT2D eigenvalue weighted by Crippen LogP contribution is 2.30. The van der Waals surface area contributed by atoms with Crippen LogP contribution in [-0.2, 0) is 0 Å². The van der Waals surface area contributed by atoms with E-state index in [-0.39, 0.29) is 0 Å². The molecule has 2 aromatic rings. The van der Waals surface area contributed by atoms with Gasteiger partial charge in [-0.1, -0.05) is 78.4 Å². The van der Waals surface area contributed by atoms with E-state index in [1.54, 1.807) is 0 Å². The lowest BCUT2D eigenvalue weighted by Crippen LogP contribution is -2.11. The van der Waals surface area contributed by atoms with Crippen molar-refractivity contribution in [1.29, 1.82) is 0 Å². The zero-order valence-corrected chi connectivity index (χ0v) is 18.5. The van der Waals surface area contributed by atoms with E-state index in [0.717, 1.165) is 24.7 Å². The Morgan fingerprint density at radius 3 is 2.00 bits per heavy atom. The molecule has 0 aromatic heterocycles. The van der Waals surface area contributed by atoms with Crippen molar-refractivity contribution in [3.8, 4) is 11.5 Å². The smallest absolute Gasteiger partial charge is 0.127 e. The van der Waals surface area contributed by atoms with Crippen LogP contribution in [0, 0.1) is 11.8 Å². The Kier molecular flexibility index (Phi) is 10.2. The maximum absolute atomic E-state index is 6.23. The van der Waals surface area contributed by atoms with Crippen molar-refractivity contribution in [3.05, 3.63) is 36.4 Å². The lowest BCUT2D eigenvalue weighted by atomic mass is 10.0. The average molecular weight is 385 g/mol. The molecule has 2 unspecified atom stereocenters. The van der Waals surface area contributed by atoms with Crippen LogP contribution in [0.4, 0.5) is 0 Å². The van der Waals surface area contributed by atoms with E-state index in [2.05, 4.69) is 64.1 Å². The van der Waals surface area contributed by atoms with Crippen LogP contribution in [0.1, 0.15) is 79.1 Å². The summed E-state index contributed by atoms with van der Waals surface area (Å²) < 4.78 is 12.4. The van der Waals surface area contributed by atoms with Crippen LogP contribution >= 0.6 is 0 Å². The maximum Gasteiger partial charge on any atom is 0.127 e. The quantitative estimate of drug-likeness (QED) is 0.328. The Morgan fingerprint density at radius 2 is 1.39 bits per heavy atom. The summed E-state index contributed by atoms with van der Waals surface area (Å²) in [6.07, 6.45) is 9.97. The van der Waals surface area contributed by atoms with Gasteiger partial charge in [0, 0.05) is 5.39 Å². The molecule has 2 nitrogen and oxygen atoms in total. The fourth-order valence-corrected chi connectivity index (χ4v) is 3.67. The van der Waals surface area contributed by atoms with Gasteiger partial charge in [-0.25, -0.2) is 0 Å². The van der Waals surface area contributed by atoms with Gasteiger partial charge in [-0.15, -0.1) is 0 Å². The molecule has 0 radical (unpaired) electrons. The first-order valence-corrected chi connectivity index (χ1v) is 11.5. The minimum atomic E-state index is 0.645. The first kappa shape index (κ1) is 22.6. The van der Waals surface area contributed by atoms with Gasteiger partial charge in [0.25, 0.3) is 0 Å². The van der Waals surface area contributed by atoms with Crippen molar-refractivity contribution in [2.75, 3.05) is 13.2 Å². The van der Waals surface area contributed by atoms with Gasteiger partial charge >= 0.3 is 0 Å². The monoisotopic (exact) mass is 384 g/mol. The molecule has 0 saturated carbocycles. The molecule has 0 saturated heterocycles. The number of hydrogen-bond donors (Lipinski definition) is 0. The lowest BCUT2D eigenvalue weighted by Gasteiger charge is -2.18. The zero-order valence-electron chi connectivity index (χ0n) is 18.5. The van der Waals surface area contributed by atoms with Crippen LogP contribution in [0.3, 0.4) is 0 Å². The molecule has 2 rings (SSSR count). The SMILES string of the molecule is CCCCC(CC)COc1ccc2c(OCC(CC)CCCC)cccc2c1. The zero-order chi connectivity index (χ0) is 20.2. The minimum Gasteiger partial charge on any atom is -0.493 e. The summed E-state index contributed by atoms with van der Waals surface area (Å²) in [4.78, 5) is 0. The molecule has 0 spiro atoms. The van der Waals surface area contributed by atoms with Crippen molar-refractivity contribution in [1.82, 2.24) is 0 Å². The number of hydrogen-bond acceptors (Lipinski definition) is 2. The maximum atomic E-state index is 6.23. The molecule has 28 heavy (non-hydrogen) atoms. The van der Waals surface area contributed by atoms with Crippen LogP contribution in [-0.4, -0.2) is 13.2 Å². The van der Waals surface area contributed by atoms with E-state index >= 15 is 0 Å². The second-order valence-corrected chi connectivity index (χ2v) is 8.09. The van der Waals surface area contributed by atoms with Crippen LogP contribution < -0.4 is 9.47 Å². The third kappa shape index (κ3) is 7.04. The predicted molar refractivity (Wildman–Crippen MR) is 122 cm³/mol. The molecule has 156 valence electrons. The Bertz CT molecular complexity index is 679. The minimum absolute atomic E-state index is 0.645. The highest BCUT2D eigenvalue weighted by Gasteiger charge is 2.10. The molecule has 0 aliphatic heterocycles. The summed E-state index contributed by atoms with van der Waals surface area (Å²) >= 11 is 0. The van der Waals surface area contributed by atoms with Gasteiger partial charge in [-0.3, -0.25) is 0 Å². The molecule has 0 amide bonds. The van der Waals surface area contributed by atoms with Gasteiger partial charge in [0.15, 0.2) is 0 Å². The van der Waals surface area contributed by atoms with Crippen LogP contribution in [0.25, 0.3) is 10.8 Å². The molecule has 2 aromatic carbocycles. The first-order chi connectivity index (χ1) is 13.7. The summed E-state index contributed by atoms with van der Waals surface area (Å²) in [5, 5.41) is 2.37. The highest BCUT2D eigenvalue weighted by atomic mass is 16.5. The van der Waals surface area contributed by atoms with E-state index in [4.69, 9.17) is 9.47 Å². The van der Waals surface area contributed by atoms with Gasteiger partial charge in [0.05, 0.1) is 13.2 Å². The molecule has 0 aliphatic rings. The molecular weight excluding hydrogens is 344 g/mol. The molecule has 0 heterocycles. The molecular formula is C26H40O2. The van der Waals surface area contributed by atoms with Gasteiger partial charge in [-0.2, -0.15) is 0 Å². The third-order valence-electron chi connectivity index (χ3n) is 5.86. The van der Waals surface area contributed by atoms with E-state index in [1.165, 1.54) is 62.1 Å². The van der Waals surface area contributed by atoms with Gasteiger partial charge < -0.3 is 9.47 Å². The van der Waals surface area contributed by atoms with Gasteiger partial charge in [-0.05, 0) is 54.3 Å². The molecule has 2 atom stereocenters. The molecule has 0 fully saturated rings. The van der Waals surface area contributed by atoms with E-state index in [9.17, 15) is 0 Å². The van der Waals surface area contributed by atoms with E-state index < -0.39 is 0 Å². The normalized spacial score (nSPS) is 13.4. The van der Waals surface area contributed by atoms with E-state index in [1.807, 2.05) is 0 Å². The summed E-state index contributed by atoms with van der Waals surface area (Å²) in [6.45, 7) is 10.7. The predicted octanol–water partition coefficient (Wildman–Crippen LogP) is 8.03. The van der Waals surface area contributed by atoms with Crippen LogP contribution in [0.5, 0.6) is 11.5 Å². The average Bonchev–Trinajstić information content (AvgIpc) is 2.73. The Morgan fingerprint density at radius 1 is 0.750 bits per heavy atom. The fraction of sp³-hybridized carbons (Fsp3) is 0.615. The topological polar surface area (TPSA) is 18.5 Å². The summed E-state index contributed by atoms with van der Waals surface area (Å²) in [5.41, 5.74) is 0. The third-order valence-corrected chi connectivity index (χ3v) is 5.86. The van der Waals surface area contributed by atoms with Crippen molar-refractivity contribution in [2.24, 2.45) is 11.8 Å². The number of fused-ring (bicyclic) bond motifs is 1. The van der Waals surface area contributed by atoms with Crippen molar-refractivity contribution >= 4 is 10.8 Å². The largest absolute Gasteiger partial charge is 0.493 e. The Hall–Kier alpha value is -1.70. The molecule has 0 bridgehead atoms. The molecule has 0 N–H and O–H groups in total. The highest BCUT2D eigenvalue weighted by molar-refractivity contribution is 5.89. The Labute approximate surface area is 172 Å². The number of benzene rings is 2. The van der Waals surface area contributed by atoms with E-state index in [0.29, 0.717) is 11.8 Å². The molecule has 2 heteroatoms. The van der Waals surface area contributed by atoms with Crippen LogP contribution in [0.15, 0.2) is 36.4 Å². The summed E-state index contributed by atoms with van der Waals surface area (Å²) in [5.74, 6) is 3.26. The molecule has 0 aliphatic carbocycles. The van der Waals surface area contributed by atoms with Gasteiger partial charge in [0.1, 0.15) is 11.5 Å².